The summed E-state index contributed by atoms with van der Waals surface area (Å²) >= 11 is 6.04. The Hall–Kier alpha value is -2.37. The molecule has 0 spiro atoms. The monoisotopic (exact) mass is 353 g/mol. The van der Waals surface area contributed by atoms with Crippen molar-refractivity contribution in [3.05, 3.63) is 53.8 Å². The lowest BCUT2D eigenvalue weighted by molar-refractivity contribution is 0.503. The number of piperidine rings is 1. The molecule has 6 heteroatoms. The van der Waals surface area contributed by atoms with E-state index in [4.69, 9.17) is 17.3 Å². The van der Waals surface area contributed by atoms with Crippen LogP contribution in [0, 0.1) is 0 Å². The van der Waals surface area contributed by atoms with Crippen molar-refractivity contribution in [2.45, 2.75) is 18.9 Å². The number of aromatic nitrogens is 3. The maximum atomic E-state index is 6.18. The van der Waals surface area contributed by atoms with E-state index in [0.29, 0.717) is 0 Å². The van der Waals surface area contributed by atoms with E-state index in [1.54, 1.807) is 12.4 Å². The van der Waals surface area contributed by atoms with Crippen LogP contribution in [0.5, 0.6) is 0 Å². The summed E-state index contributed by atoms with van der Waals surface area (Å²) in [5.74, 6) is 0.950. The molecule has 1 unspecified atom stereocenters. The zero-order chi connectivity index (χ0) is 17.2. The van der Waals surface area contributed by atoms with Crippen molar-refractivity contribution < 1.29 is 0 Å². The van der Waals surface area contributed by atoms with E-state index in [2.05, 4.69) is 20.1 Å². The van der Waals surface area contributed by atoms with Crippen molar-refractivity contribution in [3.63, 3.8) is 0 Å². The topological polar surface area (TPSA) is 70.8 Å². The molecule has 1 fully saturated rings. The number of anilines is 1. The van der Waals surface area contributed by atoms with Gasteiger partial charge in [0.2, 0.25) is 0 Å². The molecule has 1 atom stereocenters. The van der Waals surface area contributed by atoms with E-state index in [0.717, 1.165) is 59.2 Å². The highest BCUT2D eigenvalue weighted by Crippen LogP contribution is 2.38. The number of pyridine rings is 1. The van der Waals surface area contributed by atoms with Crippen molar-refractivity contribution in [2.24, 2.45) is 5.73 Å². The van der Waals surface area contributed by atoms with Crippen LogP contribution in [0.2, 0.25) is 5.02 Å². The number of hydrogen-bond donors (Lipinski definition) is 2. The molecule has 3 heterocycles. The Labute approximate surface area is 151 Å². The van der Waals surface area contributed by atoms with Crippen LogP contribution in [0.1, 0.15) is 12.8 Å². The highest BCUT2D eigenvalue weighted by molar-refractivity contribution is 6.30. The molecular formula is C19H20ClN5. The van der Waals surface area contributed by atoms with Crippen molar-refractivity contribution >= 4 is 17.4 Å². The van der Waals surface area contributed by atoms with Gasteiger partial charge in [0.05, 0.1) is 11.3 Å². The summed E-state index contributed by atoms with van der Waals surface area (Å²) in [6.45, 7) is 1.79. The van der Waals surface area contributed by atoms with Gasteiger partial charge in [-0.3, -0.25) is 10.1 Å². The second-order valence-electron chi connectivity index (χ2n) is 6.39. The second-order valence-corrected chi connectivity index (χ2v) is 6.82. The SMILES string of the molecule is NC1CCCN(c2n[nH]c(-c3ccc(Cl)cc3)c2-c2ccncc2)C1. The van der Waals surface area contributed by atoms with E-state index in [1.807, 2.05) is 36.4 Å². The van der Waals surface area contributed by atoms with Crippen LogP contribution in [0.25, 0.3) is 22.4 Å². The smallest absolute Gasteiger partial charge is 0.159 e. The molecule has 2 aromatic heterocycles. The summed E-state index contributed by atoms with van der Waals surface area (Å²) in [4.78, 5) is 6.42. The number of rotatable bonds is 3. The molecule has 1 saturated heterocycles. The van der Waals surface area contributed by atoms with Crippen molar-refractivity contribution in [1.82, 2.24) is 15.2 Å². The van der Waals surface area contributed by atoms with Gasteiger partial charge >= 0.3 is 0 Å². The minimum Gasteiger partial charge on any atom is -0.353 e. The average Bonchev–Trinajstić information content (AvgIpc) is 3.08. The van der Waals surface area contributed by atoms with Gasteiger partial charge in [0.15, 0.2) is 5.82 Å². The Morgan fingerprint density at radius 2 is 1.84 bits per heavy atom. The van der Waals surface area contributed by atoms with E-state index in [1.165, 1.54) is 0 Å². The summed E-state index contributed by atoms with van der Waals surface area (Å²) < 4.78 is 0. The molecule has 0 bridgehead atoms. The number of nitrogens with two attached hydrogens (primary N) is 1. The van der Waals surface area contributed by atoms with Crippen LogP contribution < -0.4 is 10.6 Å². The highest BCUT2D eigenvalue weighted by Gasteiger charge is 2.25. The molecular weight excluding hydrogens is 334 g/mol. The zero-order valence-electron chi connectivity index (χ0n) is 13.8. The fourth-order valence-electron chi connectivity index (χ4n) is 3.38. The molecule has 3 N–H and O–H groups in total. The standard InChI is InChI=1S/C19H20ClN5/c20-15-5-3-14(4-6-15)18-17(13-7-9-22-10-8-13)19(24-23-18)25-11-1-2-16(21)12-25/h3-10,16H,1-2,11-12,21H2,(H,23,24). The first-order chi connectivity index (χ1) is 12.2. The molecule has 0 radical (unpaired) electrons. The van der Waals surface area contributed by atoms with Gasteiger partial charge in [-0.25, -0.2) is 0 Å². The predicted octanol–water partition coefficient (Wildman–Crippen LogP) is 3.72. The molecule has 0 amide bonds. The Balaban J connectivity index is 1.83. The first-order valence-corrected chi connectivity index (χ1v) is 8.85. The summed E-state index contributed by atoms with van der Waals surface area (Å²) in [6, 6.07) is 12.0. The number of benzene rings is 1. The van der Waals surface area contributed by atoms with E-state index >= 15 is 0 Å². The molecule has 1 aromatic carbocycles. The third-order valence-electron chi connectivity index (χ3n) is 4.61. The van der Waals surface area contributed by atoms with Gasteiger partial charge in [-0.2, -0.15) is 5.10 Å². The van der Waals surface area contributed by atoms with Crippen LogP contribution in [0.4, 0.5) is 5.82 Å². The van der Waals surface area contributed by atoms with Crippen molar-refractivity contribution in [1.29, 1.82) is 0 Å². The lowest BCUT2D eigenvalue weighted by Gasteiger charge is -2.31. The van der Waals surface area contributed by atoms with Gasteiger partial charge in [0, 0.05) is 42.1 Å². The lowest BCUT2D eigenvalue weighted by atomic mass is 10.00. The molecule has 0 aliphatic carbocycles. The first kappa shape index (κ1) is 16.1. The number of halogens is 1. The minimum absolute atomic E-state index is 0.190. The zero-order valence-corrected chi connectivity index (χ0v) is 14.6. The molecule has 128 valence electrons. The van der Waals surface area contributed by atoms with Gasteiger partial charge in [-0.05, 0) is 42.7 Å². The number of hydrogen-bond acceptors (Lipinski definition) is 4. The first-order valence-electron chi connectivity index (χ1n) is 8.47. The maximum Gasteiger partial charge on any atom is 0.159 e. The number of nitrogens with zero attached hydrogens (tertiary/aromatic N) is 3. The van der Waals surface area contributed by atoms with E-state index < -0.39 is 0 Å². The van der Waals surface area contributed by atoms with Gasteiger partial charge < -0.3 is 10.6 Å². The second kappa shape index (κ2) is 6.86. The van der Waals surface area contributed by atoms with Crippen LogP contribution in [0.15, 0.2) is 48.8 Å². The Bertz CT molecular complexity index is 844. The largest absolute Gasteiger partial charge is 0.353 e. The van der Waals surface area contributed by atoms with Gasteiger partial charge in [-0.15, -0.1) is 0 Å². The Morgan fingerprint density at radius 1 is 1.08 bits per heavy atom. The average molecular weight is 354 g/mol. The summed E-state index contributed by atoms with van der Waals surface area (Å²) in [7, 11) is 0. The third-order valence-corrected chi connectivity index (χ3v) is 4.86. The summed E-state index contributed by atoms with van der Waals surface area (Å²) in [5, 5.41) is 8.58. The van der Waals surface area contributed by atoms with Crippen LogP contribution >= 0.6 is 11.6 Å². The normalized spacial score (nSPS) is 17.7. The van der Waals surface area contributed by atoms with Crippen molar-refractivity contribution in [3.8, 4) is 22.4 Å². The quantitative estimate of drug-likeness (QED) is 0.752. The van der Waals surface area contributed by atoms with Crippen LogP contribution in [0.3, 0.4) is 0 Å². The fourth-order valence-corrected chi connectivity index (χ4v) is 3.51. The van der Waals surface area contributed by atoms with E-state index in [9.17, 15) is 0 Å². The number of nitrogens with one attached hydrogen (secondary N) is 1. The molecule has 1 aliphatic rings. The highest BCUT2D eigenvalue weighted by atomic mass is 35.5. The van der Waals surface area contributed by atoms with Crippen LogP contribution in [-0.2, 0) is 0 Å². The minimum atomic E-state index is 0.190. The van der Waals surface area contributed by atoms with Gasteiger partial charge in [0.25, 0.3) is 0 Å². The molecule has 5 nitrogen and oxygen atoms in total. The molecule has 4 rings (SSSR count). The third kappa shape index (κ3) is 3.25. The van der Waals surface area contributed by atoms with Gasteiger partial charge in [-0.1, -0.05) is 23.7 Å². The fraction of sp³-hybridized carbons (Fsp3) is 0.263. The van der Waals surface area contributed by atoms with Crippen LogP contribution in [-0.4, -0.2) is 34.3 Å². The predicted molar refractivity (Wildman–Crippen MR) is 102 cm³/mol. The Kier molecular flexibility index (Phi) is 4.42. The summed E-state index contributed by atoms with van der Waals surface area (Å²) in [6.07, 6.45) is 5.76. The lowest BCUT2D eigenvalue weighted by Crippen LogP contribution is -2.43. The summed E-state index contributed by atoms with van der Waals surface area (Å²) in [5.41, 5.74) is 10.4. The van der Waals surface area contributed by atoms with Gasteiger partial charge in [0.1, 0.15) is 0 Å². The number of aromatic amines is 1. The maximum absolute atomic E-state index is 6.18. The molecule has 1 aliphatic heterocycles. The molecule has 3 aromatic rings. The van der Waals surface area contributed by atoms with E-state index in [-0.39, 0.29) is 6.04 Å². The molecule has 0 saturated carbocycles. The Morgan fingerprint density at radius 3 is 2.56 bits per heavy atom. The number of H-pyrrole nitrogens is 1. The molecule has 25 heavy (non-hydrogen) atoms. The van der Waals surface area contributed by atoms with Crippen molar-refractivity contribution in [2.75, 3.05) is 18.0 Å².